The Hall–Kier alpha value is -3.77. The van der Waals surface area contributed by atoms with Crippen LogP contribution >= 0.6 is 11.6 Å². The number of alkyl halides is 3. The van der Waals surface area contributed by atoms with Crippen molar-refractivity contribution in [3.63, 3.8) is 0 Å². The summed E-state index contributed by atoms with van der Waals surface area (Å²) < 4.78 is 57.7. The summed E-state index contributed by atoms with van der Waals surface area (Å²) >= 11 is 6.62. The van der Waals surface area contributed by atoms with Gasteiger partial charge in [-0.2, -0.15) is 18.2 Å². The standard InChI is InChI=1S/C28H27ClF4N6O2/c1-13-8-9-34-22(16(4)28(31,32)33)24(13)39-26-17(25(37-27(39)41)38-12-14(2)35-11-15(38)3)10-18(29)23(36-26)21-19(30)6-5-7-20(21)40/h5-10,14-16,35,40H,11-12H2,1-4H3/t14-,15+,16?/m1/s1. The number of piperazine rings is 1. The first-order chi connectivity index (χ1) is 19.3. The van der Waals surface area contributed by atoms with Crippen molar-refractivity contribution >= 4 is 28.5 Å². The maximum absolute atomic E-state index is 15.0. The lowest BCUT2D eigenvalue weighted by Gasteiger charge is -2.38. The Morgan fingerprint density at radius 3 is 2.61 bits per heavy atom. The summed E-state index contributed by atoms with van der Waals surface area (Å²) in [5.74, 6) is -3.06. The number of rotatable bonds is 4. The minimum atomic E-state index is -4.66. The van der Waals surface area contributed by atoms with E-state index in [1.54, 1.807) is 6.92 Å². The minimum absolute atomic E-state index is 0.0448. The fourth-order valence-electron chi connectivity index (χ4n) is 5.10. The Labute approximate surface area is 237 Å². The molecule has 4 aromatic rings. The number of hydrogen-bond acceptors (Lipinski definition) is 7. The van der Waals surface area contributed by atoms with Crippen molar-refractivity contribution in [3.8, 4) is 22.7 Å². The molecule has 0 bridgehead atoms. The Morgan fingerprint density at radius 1 is 1.20 bits per heavy atom. The molecular weight excluding hydrogens is 564 g/mol. The highest BCUT2D eigenvalue weighted by atomic mass is 35.5. The number of aromatic nitrogens is 4. The third kappa shape index (κ3) is 5.10. The van der Waals surface area contributed by atoms with Gasteiger partial charge in [-0.3, -0.25) is 4.98 Å². The van der Waals surface area contributed by atoms with E-state index in [4.69, 9.17) is 11.6 Å². The SMILES string of the molecule is Cc1ccnc(C(C)C(F)(F)F)c1-n1c(=O)nc(N2C[C@@H](C)NC[C@@H]2C)c2cc(Cl)c(-c3c(O)cccc3F)nc21. The van der Waals surface area contributed by atoms with Gasteiger partial charge in [0, 0.05) is 31.4 Å². The first-order valence-corrected chi connectivity index (χ1v) is 13.3. The summed E-state index contributed by atoms with van der Waals surface area (Å²) in [5, 5.41) is 14.1. The Bertz CT molecular complexity index is 1690. The molecule has 13 heteroatoms. The maximum Gasteiger partial charge on any atom is 0.397 e. The summed E-state index contributed by atoms with van der Waals surface area (Å²) in [4.78, 5) is 28.6. The Kier molecular flexibility index (Phi) is 7.41. The molecule has 1 aromatic carbocycles. The number of aromatic hydroxyl groups is 1. The fraction of sp³-hybridized carbons (Fsp3) is 0.357. The molecule has 0 radical (unpaired) electrons. The van der Waals surface area contributed by atoms with Crippen LogP contribution in [0.3, 0.4) is 0 Å². The second-order valence-corrected chi connectivity index (χ2v) is 10.7. The van der Waals surface area contributed by atoms with Gasteiger partial charge in [0.2, 0.25) is 0 Å². The van der Waals surface area contributed by atoms with Gasteiger partial charge in [0.05, 0.1) is 39.0 Å². The van der Waals surface area contributed by atoms with Gasteiger partial charge in [0.25, 0.3) is 0 Å². The summed E-state index contributed by atoms with van der Waals surface area (Å²) in [6.07, 6.45) is -3.42. The number of benzene rings is 1. The highest BCUT2D eigenvalue weighted by molar-refractivity contribution is 6.34. The van der Waals surface area contributed by atoms with Gasteiger partial charge in [-0.1, -0.05) is 17.7 Å². The van der Waals surface area contributed by atoms with Crippen LogP contribution in [0.1, 0.15) is 37.9 Å². The molecule has 8 nitrogen and oxygen atoms in total. The summed E-state index contributed by atoms with van der Waals surface area (Å²) in [6.45, 7) is 7.48. The van der Waals surface area contributed by atoms with Crippen LogP contribution in [-0.2, 0) is 0 Å². The lowest BCUT2D eigenvalue weighted by atomic mass is 10.0. The van der Waals surface area contributed by atoms with E-state index in [1.807, 2.05) is 18.7 Å². The van der Waals surface area contributed by atoms with Gasteiger partial charge >= 0.3 is 11.9 Å². The highest BCUT2D eigenvalue weighted by Crippen LogP contribution is 2.40. The predicted octanol–water partition coefficient (Wildman–Crippen LogP) is 5.50. The molecule has 3 atom stereocenters. The van der Waals surface area contributed by atoms with Gasteiger partial charge in [-0.25, -0.2) is 18.7 Å². The molecule has 0 aliphatic carbocycles. The molecule has 1 aliphatic rings. The summed E-state index contributed by atoms with van der Waals surface area (Å²) in [5.41, 5.74) is -1.71. The molecule has 0 amide bonds. The number of pyridine rings is 2. The molecule has 1 aliphatic heterocycles. The van der Waals surface area contributed by atoms with Crippen molar-refractivity contribution in [2.24, 2.45) is 0 Å². The number of hydrogen-bond donors (Lipinski definition) is 2. The van der Waals surface area contributed by atoms with Crippen LogP contribution in [0.4, 0.5) is 23.4 Å². The number of fused-ring (bicyclic) bond motifs is 1. The first-order valence-electron chi connectivity index (χ1n) is 12.9. The van der Waals surface area contributed by atoms with Gasteiger partial charge in [0.1, 0.15) is 17.4 Å². The zero-order valence-electron chi connectivity index (χ0n) is 22.6. The smallest absolute Gasteiger partial charge is 0.397 e. The van der Waals surface area contributed by atoms with Crippen LogP contribution in [0, 0.1) is 12.7 Å². The third-order valence-electron chi connectivity index (χ3n) is 7.35. The van der Waals surface area contributed by atoms with Crippen molar-refractivity contribution < 1.29 is 22.7 Å². The van der Waals surface area contributed by atoms with Gasteiger partial charge < -0.3 is 15.3 Å². The van der Waals surface area contributed by atoms with Crippen LogP contribution in [-0.4, -0.2) is 56.0 Å². The summed E-state index contributed by atoms with van der Waals surface area (Å²) in [6, 6.07) is 6.53. The van der Waals surface area contributed by atoms with E-state index >= 15 is 0 Å². The molecule has 2 N–H and O–H groups in total. The fourth-order valence-corrected chi connectivity index (χ4v) is 5.35. The lowest BCUT2D eigenvalue weighted by Crippen LogP contribution is -2.55. The number of anilines is 1. The zero-order valence-corrected chi connectivity index (χ0v) is 23.3. The van der Waals surface area contributed by atoms with Crippen molar-refractivity contribution in [1.29, 1.82) is 0 Å². The Balaban J connectivity index is 1.92. The Morgan fingerprint density at radius 2 is 1.93 bits per heavy atom. The number of nitrogens with zero attached hydrogens (tertiary/aromatic N) is 5. The topological polar surface area (TPSA) is 96.2 Å². The third-order valence-corrected chi connectivity index (χ3v) is 7.63. The van der Waals surface area contributed by atoms with E-state index in [0.717, 1.165) is 17.6 Å². The molecule has 1 saturated heterocycles. The largest absolute Gasteiger partial charge is 0.507 e. The number of aryl methyl sites for hydroxylation is 1. The van der Waals surface area contributed by atoms with Crippen molar-refractivity contribution in [2.45, 2.75) is 51.9 Å². The first kappa shape index (κ1) is 28.7. The van der Waals surface area contributed by atoms with Crippen molar-refractivity contribution in [1.82, 2.24) is 24.8 Å². The van der Waals surface area contributed by atoms with E-state index in [-0.39, 0.29) is 50.9 Å². The highest BCUT2D eigenvalue weighted by Gasteiger charge is 2.40. The summed E-state index contributed by atoms with van der Waals surface area (Å²) in [7, 11) is 0. The second kappa shape index (κ2) is 10.6. The van der Waals surface area contributed by atoms with Gasteiger partial charge in [-0.15, -0.1) is 0 Å². The van der Waals surface area contributed by atoms with Crippen LogP contribution in [0.15, 0.2) is 41.3 Å². The van der Waals surface area contributed by atoms with E-state index < -0.39 is 35.0 Å². The molecule has 4 heterocycles. The molecule has 1 unspecified atom stereocenters. The van der Waals surface area contributed by atoms with E-state index in [9.17, 15) is 27.5 Å². The van der Waals surface area contributed by atoms with Gasteiger partial charge in [0.15, 0.2) is 5.65 Å². The lowest BCUT2D eigenvalue weighted by molar-refractivity contribution is -0.147. The van der Waals surface area contributed by atoms with Crippen molar-refractivity contribution in [2.75, 3.05) is 18.0 Å². The quantitative estimate of drug-likeness (QED) is 0.303. The number of halogens is 5. The molecule has 0 spiro atoms. The van der Waals surface area contributed by atoms with Gasteiger partial charge in [-0.05, 0) is 57.5 Å². The van der Waals surface area contributed by atoms with Crippen LogP contribution in [0.25, 0.3) is 28.0 Å². The van der Waals surface area contributed by atoms with Crippen LogP contribution < -0.4 is 15.9 Å². The van der Waals surface area contributed by atoms with Crippen LogP contribution in [0.2, 0.25) is 5.02 Å². The number of phenolic OH excluding ortho intramolecular Hbond substituents is 1. The molecule has 41 heavy (non-hydrogen) atoms. The van der Waals surface area contributed by atoms with Crippen molar-refractivity contribution in [3.05, 3.63) is 69.1 Å². The molecule has 5 rings (SSSR count). The van der Waals surface area contributed by atoms with E-state index in [2.05, 4.69) is 20.3 Å². The monoisotopic (exact) mass is 590 g/mol. The molecular formula is C28H27ClF4N6O2. The normalized spacial score (nSPS) is 18.6. The minimum Gasteiger partial charge on any atom is -0.507 e. The average Bonchev–Trinajstić information content (AvgIpc) is 2.89. The van der Waals surface area contributed by atoms with Crippen LogP contribution in [0.5, 0.6) is 5.75 Å². The molecule has 0 saturated carbocycles. The van der Waals surface area contributed by atoms with E-state index in [1.165, 1.54) is 30.5 Å². The number of nitrogens with one attached hydrogen (secondary N) is 1. The maximum atomic E-state index is 15.0. The molecule has 3 aromatic heterocycles. The zero-order chi connectivity index (χ0) is 29.8. The average molecular weight is 591 g/mol. The number of phenols is 1. The van der Waals surface area contributed by atoms with E-state index in [0.29, 0.717) is 18.7 Å². The molecule has 216 valence electrons. The predicted molar refractivity (Wildman–Crippen MR) is 148 cm³/mol. The second-order valence-electron chi connectivity index (χ2n) is 10.3. The molecule has 1 fully saturated rings.